The predicted octanol–water partition coefficient (Wildman–Crippen LogP) is 1.46. The van der Waals surface area contributed by atoms with Crippen molar-refractivity contribution >= 4 is 11.7 Å². The molecule has 0 heterocycles. The van der Waals surface area contributed by atoms with Gasteiger partial charge in [0.15, 0.2) is 0 Å². The van der Waals surface area contributed by atoms with Crippen molar-refractivity contribution in [3.05, 3.63) is 39.9 Å². The van der Waals surface area contributed by atoms with Gasteiger partial charge in [0.2, 0.25) is 0 Å². The predicted molar refractivity (Wildman–Crippen MR) is 66.3 cm³/mol. The minimum absolute atomic E-state index is 0.0103. The van der Waals surface area contributed by atoms with E-state index in [0.29, 0.717) is 11.0 Å². The second kappa shape index (κ2) is 5.59. The normalized spacial score (nSPS) is 11.1. The summed E-state index contributed by atoms with van der Waals surface area (Å²) in [7, 11) is 5.91. The lowest BCUT2D eigenvalue weighted by molar-refractivity contribution is -0.870. The molecule has 0 amide bonds. The molecule has 0 aliphatic carbocycles. The van der Waals surface area contributed by atoms with E-state index in [-0.39, 0.29) is 17.9 Å². The van der Waals surface area contributed by atoms with Gasteiger partial charge in [0.1, 0.15) is 18.7 Å². The van der Waals surface area contributed by atoms with E-state index in [1.54, 1.807) is 6.07 Å². The van der Waals surface area contributed by atoms with Gasteiger partial charge in [-0.05, 0) is 6.07 Å². The van der Waals surface area contributed by atoms with Gasteiger partial charge in [0, 0.05) is 6.07 Å². The molecule has 0 N–H and O–H groups in total. The van der Waals surface area contributed by atoms with Crippen molar-refractivity contribution < 1.29 is 18.9 Å². The average molecular weight is 253 g/mol. The summed E-state index contributed by atoms with van der Waals surface area (Å²) in [5, 5.41) is 10.8. The summed E-state index contributed by atoms with van der Waals surface area (Å²) in [5.74, 6) is -0.657. The number of carbonyl (C=O) groups is 1. The maximum atomic E-state index is 11.7. The van der Waals surface area contributed by atoms with Gasteiger partial charge >= 0.3 is 5.97 Å². The third-order valence-electron chi connectivity index (χ3n) is 2.32. The second-order valence-corrected chi connectivity index (χ2v) is 4.92. The molecule has 0 saturated carbocycles. The number of hydrogen-bond acceptors (Lipinski definition) is 4. The topological polar surface area (TPSA) is 69.4 Å². The maximum Gasteiger partial charge on any atom is 0.345 e. The van der Waals surface area contributed by atoms with Crippen LogP contribution in [0.15, 0.2) is 24.3 Å². The number of nitro benzene ring substituents is 1. The van der Waals surface area contributed by atoms with Crippen molar-refractivity contribution in [2.24, 2.45) is 0 Å². The summed E-state index contributed by atoms with van der Waals surface area (Å²) < 4.78 is 5.69. The molecule has 1 aromatic rings. The zero-order valence-electron chi connectivity index (χ0n) is 10.8. The number of likely N-dealkylation sites (N-methyl/N-ethyl adjacent to an activating group) is 1. The molecule has 0 atom stereocenters. The second-order valence-electron chi connectivity index (χ2n) is 4.92. The summed E-state index contributed by atoms with van der Waals surface area (Å²) in [6, 6.07) is 5.77. The number of rotatable bonds is 5. The molecule has 98 valence electrons. The monoisotopic (exact) mass is 253 g/mol. The van der Waals surface area contributed by atoms with Crippen LogP contribution in [0.2, 0.25) is 0 Å². The highest BCUT2D eigenvalue weighted by Crippen LogP contribution is 2.18. The molecule has 18 heavy (non-hydrogen) atoms. The highest BCUT2D eigenvalue weighted by atomic mass is 16.6. The van der Waals surface area contributed by atoms with E-state index in [1.165, 1.54) is 18.2 Å². The van der Waals surface area contributed by atoms with E-state index < -0.39 is 10.9 Å². The standard InChI is InChI=1S/C12H17N2O4/c1-14(2,3)8-9-18-12(15)10-6-4-5-7-11(10)13(16)17/h4-7H,8-9H2,1-3H3/q+1. The van der Waals surface area contributed by atoms with E-state index in [1.807, 2.05) is 21.1 Å². The number of carbonyl (C=O) groups excluding carboxylic acids is 1. The van der Waals surface area contributed by atoms with Crippen LogP contribution >= 0.6 is 0 Å². The number of benzene rings is 1. The zero-order valence-corrected chi connectivity index (χ0v) is 10.8. The molecule has 0 saturated heterocycles. The molecule has 0 fully saturated rings. The minimum Gasteiger partial charge on any atom is -0.456 e. The highest BCUT2D eigenvalue weighted by Gasteiger charge is 2.20. The first-order valence-corrected chi connectivity index (χ1v) is 5.52. The average Bonchev–Trinajstić information content (AvgIpc) is 2.27. The molecular formula is C12H17N2O4+. The Labute approximate surface area is 106 Å². The van der Waals surface area contributed by atoms with Crippen LogP contribution in [0.3, 0.4) is 0 Å². The van der Waals surface area contributed by atoms with Crippen LogP contribution in [0, 0.1) is 10.1 Å². The molecule has 6 nitrogen and oxygen atoms in total. The first kappa shape index (κ1) is 14.1. The summed E-state index contributed by atoms with van der Waals surface area (Å²) in [4.78, 5) is 21.9. The van der Waals surface area contributed by atoms with E-state index in [4.69, 9.17) is 4.74 Å². The molecule has 0 bridgehead atoms. The molecule has 0 aliphatic rings. The van der Waals surface area contributed by atoms with Gasteiger partial charge in [-0.15, -0.1) is 0 Å². The first-order valence-electron chi connectivity index (χ1n) is 5.52. The van der Waals surface area contributed by atoms with E-state index in [9.17, 15) is 14.9 Å². The van der Waals surface area contributed by atoms with Crippen molar-refractivity contribution in [2.75, 3.05) is 34.3 Å². The Morgan fingerprint density at radius 3 is 2.50 bits per heavy atom. The molecule has 1 rings (SSSR count). The number of para-hydroxylation sites is 1. The van der Waals surface area contributed by atoms with Crippen LogP contribution in [0.25, 0.3) is 0 Å². The van der Waals surface area contributed by atoms with E-state index >= 15 is 0 Å². The molecule has 0 aliphatic heterocycles. The lowest BCUT2D eigenvalue weighted by Crippen LogP contribution is -2.38. The number of quaternary nitrogens is 1. The Morgan fingerprint density at radius 1 is 1.33 bits per heavy atom. The van der Waals surface area contributed by atoms with Crippen LogP contribution in [-0.2, 0) is 4.74 Å². The van der Waals surface area contributed by atoms with Crippen molar-refractivity contribution in [1.29, 1.82) is 0 Å². The van der Waals surface area contributed by atoms with Gasteiger partial charge in [-0.25, -0.2) is 4.79 Å². The number of nitro groups is 1. The van der Waals surface area contributed by atoms with Crippen molar-refractivity contribution in [2.45, 2.75) is 0 Å². The van der Waals surface area contributed by atoms with E-state index in [0.717, 1.165) is 0 Å². The quantitative estimate of drug-likeness (QED) is 0.345. The molecule has 0 aromatic heterocycles. The molecule has 1 aromatic carbocycles. The minimum atomic E-state index is -0.657. The van der Waals surface area contributed by atoms with Gasteiger partial charge in [0.25, 0.3) is 5.69 Å². The summed E-state index contributed by atoms with van der Waals surface area (Å²) in [6.45, 7) is 0.876. The Bertz CT molecular complexity index is 452. The summed E-state index contributed by atoms with van der Waals surface area (Å²) in [6.07, 6.45) is 0. The zero-order chi connectivity index (χ0) is 13.8. The SMILES string of the molecule is C[N+](C)(C)CCOC(=O)c1ccccc1[N+](=O)[O-]. The first-order chi connectivity index (χ1) is 8.31. The van der Waals surface area contributed by atoms with Crippen LogP contribution in [0.4, 0.5) is 5.69 Å². The largest absolute Gasteiger partial charge is 0.456 e. The number of esters is 1. The molecule has 0 unspecified atom stereocenters. The fourth-order valence-corrected chi connectivity index (χ4v) is 1.30. The Kier molecular flexibility index (Phi) is 4.38. The number of hydrogen-bond donors (Lipinski definition) is 0. The molecule has 0 spiro atoms. The Hall–Kier alpha value is -1.95. The Balaban J connectivity index is 2.70. The van der Waals surface area contributed by atoms with Gasteiger partial charge in [-0.2, -0.15) is 0 Å². The smallest absolute Gasteiger partial charge is 0.345 e. The van der Waals surface area contributed by atoms with Crippen LogP contribution in [0.5, 0.6) is 0 Å². The highest BCUT2D eigenvalue weighted by molar-refractivity contribution is 5.93. The summed E-state index contributed by atoms with van der Waals surface area (Å²) in [5.41, 5.74) is -0.239. The van der Waals surface area contributed by atoms with Crippen LogP contribution in [0.1, 0.15) is 10.4 Å². The number of ether oxygens (including phenoxy) is 1. The maximum absolute atomic E-state index is 11.7. The van der Waals surface area contributed by atoms with Gasteiger partial charge in [-0.3, -0.25) is 10.1 Å². The number of nitrogens with zero attached hydrogens (tertiary/aromatic N) is 2. The summed E-state index contributed by atoms with van der Waals surface area (Å²) >= 11 is 0. The van der Waals surface area contributed by atoms with Crippen molar-refractivity contribution in [1.82, 2.24) is 0 Å². The fourth-order valence-electron chi connectivity index (χ4n) is 1.30. The van der Waals surface area contributed by atoms with Gasteiger partial charge in [0.05, 0.1) is 26.1 Å². The van der Waals surface area contributed by atoms with Crippen molar-refractivity contribution in [3.8, 4) is 0 Å². The lowest BCUT2D eigenvalue weighted by atomic mass is 10.2. The van der Waals surface area contributed by atoms with Crippen LogP contribution < -0.4 is 0 Å². The molecular weight excluding hydrogens is 236 g/mol. The Morgan fingerprint density at radius 2 is 1.94 bits per heavy atom. The van der Waals surface area contributed by atoms with Gasteiger partial charge < -0.3 is 9.22 Å². The molecule has 0 radical (unpaired) electrons. The van der Waals surface area contributed by atoms with Gasteiger partial charge in [-0.1, -0.05) is 12.1 Å². The van der Waals surface area contributed by atoms with Crippen molar-refractivity contribution in [3.63, 3.8) is 0 Å². The molecule has 6 heteroatoms. The fraction of sp³-hybridized carbons (Fsp3) is 0.417. The van der Waals surface area contributed by atoms with Crippen LogP contribution in [-0.4, -0.2) is 49.7 Å². The van der Waals surface area contributed by atoms with E-state index in [2.05, 4.69) is 0 Å². The lowest BCUT2D eigenvalue weighted by Gasteiger charge is -2.23. The third kappa shape index (κ3) is 4.14. The third-order valence-corrected chi connectivity index (χ3v) is 2.32.